The maximum absolute atomic E-state index is 13.3. The average molecular weight is 528 g/mol. The number of halogens is 1. The van der Waals surface area contributed by atoms with Gasteiger partial charge in [0.2, 0.25) is 5.95 Å². The quantitative estimate of drug-likeness (QED) is 0.312. The summed E-state index contributed by atoms with van der Waals surface area (Å²) < 4.78 is 20.9. The first kappa shape index (κ1) is 24.5. The van der Waals surface area contributed by atoms with Crippen molar-refractivity contribution in [3.8, 4) is 16.9 Å². The highest BCUT2D eigenvalue weighted by atomic mass is 19.1. The summed E-state index contributed by atoms with van der Waals surface area (Å²) >= 11 is 0. The minimum atomic E-state index is -0.753. The molecule has 10 nitrogen and oxygen atoms in total. The normalized spacial score (nSPS) is 16.2. The van der Waals surface area contributed by atoms with E-state index in [0.29, 0.717) is 60.7 Å². The van der Waals surface area contributed by atoms with Gasteiger partial charge in [0.15, 0.2) is 17.4 Å². The van der Waals surface area contributed by atoms with E-state index in [2.05, 4.69) is 25.2 Å². The first-order valence-electron chi connectivity index (χ1n) is 12.6. The van der Waals surface area contributed by atoms with Crippen LogP contribution in [0.3, 0.4) is 0 Å². The molecule has 0 bridgehead atoms. The number of nitrogens with one attached hydrogen (secondary N) is 1. The summed E-state index contributed by atoms with van der Waals surface area (Å²) in [5.74, 6) is -0.195. The van der Waals surface area contributed by atoms with Crippen LogP contribution in [0.15, 0.2) is 61.1 Å². The van der Waals surface area contributed by atoms with Crippen LogP contribution in [-0.2, 0) is 11.8 Å². The van der Waals surface area contributed by atoms with Gasteiger partial charge in [0.1, 0.15) is 12.3 Å². The van der Waals surface area contributed by atoms with Crippen molar-refractivity contribution in [1.29, 1.82) is 0 Å². The Balaban J connectivity index is 1.18. The first-order chi connectivity index (χ1) is 18.9. The lowest BCUT2D eigenvalue weighted by molar-refractivity contribution is -0.112. The van der Waals surface area contributed by atoms with Crippen molar-refractivity contribution in [1.82, 2.24) is 19.5 Å². The van der Waals surface area contributed by atoms with Gasteiger partial charge in [-0.2, -0.15) is 0 Å². The fourth-order valence-corrected chi connectivity index (χ4v) is 5.08. The number of benzene rings is 1. The molecule has 198 valence electrons. The zero-order valence-electron chi connectivity index (χ0n) is 21.5. The summed E-state index contributed by atoms with van der Waals surface area (Å²) in [6.45, 7) is 4.17. The summed E-state index contributed by atoms with van der Waals surface area (Å²) in [6.07, 6.45) is 3.84. The minimum absolute atomic E-state index is 0.00594. The van der Waals surface area contributed by atoms with Crippen LogP contribution < -0.4 is 19.9 Å². The number of aryl methyl sites for hydroxylation is 1. The number of aromatic nitrogens is 4. The van der Waals surface area contributed by atoms with Gasteiger partial charge in [-0.15, -0.1) is 0 Å². The molecule has 0 radical (unpaired) electrons. The number of piperazine rings is 1. The molecular formula is C28H26FN7O3. The van der Waals surface area contributed by atoms with E-state index in [0.717, 1.165) is 23.7 Å². The summed E-state index contributed by atoms with van der Waals surface area (Å²) in [5, 5.41) is 2.69. The predicted octanol–water partition coefficient (Wildman–Crippen LogP) is 3.23. The summed E-state index contributed by atoms with van der Waals surface area (Å²) in [7, 11) is 1.77. The minimum Gasteiger partial charge on any atom is -0.487 e. The number of pyridine rings is 1. The molecule has 0 spiro atoms. The van der Waals surface area contributed by atoms with Gasteiger partial charge in [-0.3, -0.25) is 9.59 Å². The Bertz CT molecular complexity index is 1560. The zero-order valence-corrected chi connectivity index (χ0v) is 21.5. The standard InChI is InChI=1S/C28H26FN7O3/c1-17-10-22(18-6-4-3-5-7-18)24(34(17)2)25(37)27(38)33-20-11-23-26(30-14-20)36-9-8-35(15-21(36)16-39-23)28-31-12-19(29)13-32-28/h3-7,10-14,21H,8-9,15-16H2,1-2H3,(H,33,38)/t21-/m0/s1. The van der Waals surface area contributed by atoms with Gasteiger partial charge in [0.25, 0.3) is 11.7 Å². The number of anilines is 3. The molecule has 3 aromatic heterocycles. The Hall–Kier alpha value is -4.80. The van der Waals surface area contributed by atoms with Gasteiger partial charge >= 0.3 is 0 Å². The Morgan fingerprint density at radius 1 is 1.05 bits per heavy atom. The molecule has 1 amide bonds. The van der Waals surface area contributed by atoms with Crippen LogP contribution in [-0.4, -0.2) is 63.5 Å². The Morgan fingerprint density at radius 3 is 2.59 bits per heavy atom. The Kier molecular flexibility index (Phi) is 6.18. The van der Waals surface area contributed by atoms with E-state index in [9.17, 15) is 14.0 Å². The van der Waals surface area contributed by atoms with Crippen molar-refractivity contribution in [2.24, 2.45) is 7.05 Å². The SMILES string of the molecule is Cc1cc(-c2ccccc2)c(C(=O)C(=O)Nc2cnc3c(c2)OC[C@@H]2CN(c4ncc(F)cn4)CCN32)n1C. The van der Waals surface area contributed by atoms with Crippen molar-refractivity contribution in [3.63, 3.8) is 0 Å². The number of carbonyl (C=O) groups is 2. The summed E-state index contributed by atoms with van der Waals surface area (Å²) in [6, 6.07) is 13.1. The van der Waals surface area contributed by atoms with Crippen LogP contribution in [0.25, 0.3) is 11.1 Å². The molecule has 11 heteroatoms. The van der Waals surface area contributed by atoms with Crippen LogP contribution >= 0.6 is 0 Å². The predicted molar refractivity (Wildman–Crippen MR) is 144 cm³/mol. The van der Waals surface area contributed by atoms with E-state index in [-0.39, 0.29) is 6.04 Å². The number of ketones is 1. The lowest BCUT2D eigenvalue weighted by atomic mass is 10.0. The molecule has 2 aliphatic heterocycles. The topological polar surface area (TPSA) is 105 Å². The van der Waals surface area contributed by atoms with Gasteiger partial charge in [-0.1, -0.05) is 30.3 Å². The van der Waals surface area contributed by atoms with Gasteiger partial charge in [-0.25, -0.2) is 19.3 Å². The Morgan fingerprint density at radius 2 is 1.82 bits per heavy atom. The smallest absolute Gasteiger partial charge is 0.298 e. The monoisotopic (exact) mass is 527 g/mol. The molecular weight excluding hydrogens is 501 g/mol. The van der Waals surface area contributed by atoms with E-state index < -0.39 is 17.5 Å². The van der Waals surface area contributed by atoms with Crippen molar-refractivity contribution in [2.45, 2.75) is 13.0 Å². The maximum Gasteiger partial charge on any atom is 0.298 e. The highest BCUT2D eigenvalue weighted by Crippen LogP contribution is 2.36. The highest BCUT2D eigenvalue weighted by Gasteiger charge is 2.35. The fourth-order valence-electron chi connectivity index (χ4n) is 5.08. The summed E-state index contributed by atoms with van der Waals surface area (Å²) in [5.41, 5.74) is 3.13. The van der Waals surface area contributed by atoms with E-state index in [1.807, 2.05) is 48.2 Å². The second-order valence-corrected chi connectivity index (χ2v) is 9.61. The Labute approximate surface area is 224 Å². The molecule has 1 aromatic carbocycles. The number of Topliss-reactive ketones (excluding diaryl/α,β-unsaturated/α-hetero) is 1. The zero-order chi connectivity index (χ0) is 27.1. The van der Waals surface area contributed by atoms with Gasteiger partial charge in [0, 0.05) is 44.0 Å². The molecule has 1 saturated heterocycles. The molecule has 4 aromatic rings. The van der Waals surface area contributed by atoms with Crippen LogP contribution in [0.1, 0.15) is 16.2 Å². The van der Waals surface area contributed by atoms with Gasteiger partial charge in [-0.05, 0) is 18.6 Å². The third-order valence-electron chi connectivity index (χ3n) is 7.15. The van der Waals surface area contributed by atoms with Crippen molar-refractivity contribution in [2.75, 3.05) is 41.4 Å². The maximum atomic E-state index is 13.3. The molecule has 6 rings (SSSR count). The average Bonchev–Trinajstić information content (AvgIpc) is 3.26. The lowest BCUT2D eigenvalue weighted by Crippen LogP contribution is -2.58. The third-order valence-corrected chi connectivity index (χ3v) is 7.15. The molecule has 1 N–H and O–H groups in total. The number of amides is 1. The molecule has 0 saturated carbocycles. The number of fused-ring (bicyclic) bond motifs is 3. The number of ether oxygens (including phenoxy) is 1. The second kappa shape index (κ2) is 9.82. The van der Waals surface area contributed by atoms with E-state index in [4.69, 9.17) is 4.74 Å². The van der Waals surface area contributed by atoms with Crippen molar-refractivity contribution in [3.05, 3.63) is 78.3 Å². The molecule has 39 heavy (non-hydrogen) atoms. The van der Waals surface area contributed by atoms with Crippen molar-refractivity contribution < 1.29 is 18.7 Å². The largest absolute Gasteiger partial charge is 0.487 e. The molecule has 1 atom stereocenters. The lowest BCUT2D eigenvalue weighted by Gasteiger charge is -2.44. The third kappa shape index (κ3) is 4.56. The number of hydrogen-bond acceptors (Lipinski definition) is 8. The van der Waals surface area contributed by atoms with Crippen LogP contribution in [0.4, 0.5) is 21.8 Å². The first-order valence-corrected chi connectivity index (χ1v) is 12.6. The van der Waals surface area contributed by atoms with E-state index >= 15 is 0 Å². The fraction of sp³-hybridized carbons (Fsp3) is 0.250. The second-order valence-electron chi connectivity index (χ2n) is 9.61. The van der Waals surface area contributed by atoms with Crippen LogP contribution in [0.2, 0.25) is 0 Å². The van der Waals surface area contributed by atoms with Gasteiger partial charge < -0.3 is 24.4 Å². The van der Waals surface area contributed by atoms with Gasteiger partial charge in [0.05, 0.1) is 30.3 Å². The van der Waals surface area contributed by atoms with Crippen molar-refractivity contribution >= 4 is 29.1 Å². The number of nitrogens with zero attached hydrogens (tertiary/aromatic N) is 6. The highest BCUT2D eigenvalue weighted by molar-refractivity contribution is 6.47. The van der Waals surface area contributed by atoms with Crippen LogP contribution in [0, 0.1) is 12.7 Å². The molecule has 5 heterocycles. The van der Waals surface area contributed by atoms with Crippen LogP contribution in [0.5, 0.6) is 5.75 Å². The number of rotatable bonds is 5. The molecule has 0 unspecified atom stereocenters. The summed E-state index contributed by atoms with van der Waals surface area (Å²) in [4.78, 5) is 43.2. The van der Waals surface area contributed by atoms with E-state index in [1.54, 1.807) is 17.7 Å². The molecule has 1 fully saturated rings. The molecule has 0 aliphatic carbocycles. The number of hydrogen-bond donors (Lipinski definition) is 1. The number of carbonyl (C=O) groups excluding carboxylic acids is 2. The molecule has 2 aliphatic rings. The van der Waals surface area contributed by atoms with E-state index in [1.165, 1.54) is 6.20 Å².